The lowest BCUT2D eigenvalue weighted by Gasteiger charge is -2.03. The van der Waals surface area contributed by atoms with Crippen molar-refractivity contribution >= 4 is 5.84 Å². The summed E-state index contributed by atoms with van der Waals surface area (Å²) < 4.78 is 2.45. The molecule has 0 unspecified atom stereocenters. The van der Waals surface area contributed by atoms with Crippen molar-refractivity contribution in [3.05, 3.63) is 23.9 Å². The Kier molecular flexibility index (Phi) is 1.71. The first-order chi connectivity index (χ1) is 4.72. The van der Waals surface area contributed by atoms with E-state index in [2.05, 4.69) is 4.98 Å². The summed E-state index contributed by atoms with van der Waals surface area (Å²) in [6.07, 6.45) is 4.94. The van der Waals surface area contributed by atoms with Crippen molar-refractivity contribution in [1.29, 1.82) is 0 Å². The second kappa shape index (κ2) is 2.51. The number of hydrogen-bond acceptors (Lipinski definition) is 2. The average Bonchev–Trinajstić information content (AvgIpc) is 2.36. The molecule has 4 heteroatoms. The third kappa shape index (κ3) is 1.15. The van der Waals surface area contributed by atoms with E-state index in [0.717, 1.165) is 4.74 Å². The van der Waals surface area contributed by atoms with Gasteiger partial charge in [0.2, 0.25) is 0 Å². The molecule has 1 heterocycles. The normalized spacial score (nSPS) is 13.0. The van der Waals surface area contributed by atoms with Crippen LogP contribution in [0.2, 0.25) is 0 Å². The molecule has 0 spiro atoms. The summed E-state index contributed by atoms with van der Waals surface area (Å²) in [6.45, 7) is 1.73. The zero-order chi connectivity index (χ0) is 7.56. The highest BCUT2D eigenvalue weighted by Crippen LogP contribution is 1.85. The molecule has 0 aliphatic carbocycles. The molecule has 54 valence electrons. The fourth-order valence-electron chi connectivity index (χ4n) is 0.613. The number of rotatable bonds is 0. The van der Waals surface area contributed by atoms with Crippen LogP contribution in [0.1, 0.15) is 6.92 Å². The number of hydrogen-bond donors (Lipinski definition) is 0. The molecule has 0 saturated heterocycles. The Morgan fingerprint density at radius 1 is 1.70 bits per heavy atom. The van der Waals surface area contributed by atoms with Gasteiger partial charge in [-0.3, -0.25) is 4.74 Å². The first kappa shape index (κ1) is 6.80. The van der Waals surface area contributed by atoms with Gasteiger partial charge in [-0.05, 0) is 0 Å². The molecule has 4 nitrogen and oxygen atoms in total. The van der Waals surface area contributed by atoms with Gasteiger partial charge in [0.25, 0.3) is 5.84 Å². The molecule has 0 N–H and O–H groups in total. The van der Waals surface area contributed by atoms with Crippen LogP contribution in [0.3, 0.4) is 0 Å². The Morgan fingerprint density at radius 2 is 2.40 bits per heavy atom. The Labute approximate surface area is 59.0 Å². The maximum atomic E-state index is 10.7. The van der Waals surface area contributed by atoms with Crippen molar-refractivity contribution in [2.24, 2.45) is 0 Å². The van der Waals surface area contributed by atoms with Crippen LogP contribution in [0, 0.1) is 5.21 Å². The summed E-state index contributed by atoms with van der Waals surface area (Å²) in [5.41, 5.74) is 0. The molecule has 1 aromatic heterocycles. The Hall–Kier alpha value is -1.32. The molecule has 0 amide bonds. The second-order valence-corrected chi connectivity index (χ2v) is 2.01. The Balaban J connectivity index is 2.99. The molecule has 0 fully saturated rings. The molecule has 10 heavy (non-hydrogen) atoms. The number of imidazole rings is 1. The quantitative estimate of drug-likeness (QED) is 0.170. The van der Waals surface area contributed by atoms with E-state index in [1.54, 1.807) is 30.2 Å². The summed E-state index contributed by atoms with van der Waals surface area (Å²) in [4.78, 5) is 3.80. The molecule has 1 rings (SSSR count). The smallest absolute Gasteiger partial charge is 0.257 e. The fourth-order valence-corrected chi connectivity index (χ4v) is 0.613. The molecule has 0 aliphatic rings. The minimum absolute atomic E-state index is 0.609. The van der Waals surface area contributed by atoms with Gasteiger partial charge >= 0.3 is 0 Å². The van der Waals surface area contributed by atoms with E-state index in [1.807, 2.05) is 0 Å². The lowest BCUT2D eigenvalue weighted by molar-refractivity contribution is -0.425. The highest BCUT2D eigenvalue weighted by Gasteiger charge is 2.00. The van der Waals surface area contributed by atoms with Gasteiger partial charge < -0.3 is 5.21 Å². The zero-order valence-corrected chi connectivity index (χ0v) is 5.98. The standard InChI is InChI=1S/C6H9N3O/c1-6(8(2)10)9-4-3-7-5-9/h3-5H,1-2H3. The van der Waals surface area contributed by atoms with Crippen LogP contribution in [0.5, 0.6) is 0 Å². The van der Waals surface area contributed by atoms with E-state index in [1.165, 1.54) is 7.05 Å². The molecule has 0 atom stereocenters. The van der Waals surface area contributed by atoms with E-state index >= 15 is 0 Å². The van der Waals surface area contributed by atoms with Crippen molar-refractivity contribution in [2.45, 2.75) is 6.92 Å². The topological polar surface area (TPSA) is 43.9 Å². The van der Waals surface area contributed by atoms with E-state index in [9.17, 15) is 5.21 Å². The van der Waals surface area contributed by atoms with Crippen LogP contribution < -0.4 is 0 Å². The van der Waals surface area contributed by atoms with Gasteiger partial charge in [-0.25, -0.2) is 4.98 Å². The largest absolute Gasteiger partial charge is 0.715 e. The van der Waals surface area contributed by atoms with Gasteiger partial charge in [-0.1, -0.05) is 0 Å². The Bertz CT molecular complexity index is 234. The third-order valence-electron chi connectivity index (χ3n) is 1.33. The van der Waals surface area contributed by atoms with Gasteiger partial charge in [0.1, 0.15) is 6.20 Å². The van der Waals surface area contributed by atoms with Gasteiger partial charge in [-0.15, -0.1) is 0 Å². The van der Waals surface area contributed by atoms with E-state index in [0.29, 0.717) is 5.84 Å². The molecular weight excluding hydrogens is 130 g/mol. The van der Waals surface area contributed by atoms with Crippen molar-refractivity contribution in [3.63, 3.8) is 0 Å². The first-order valence-electron chi connectivity index (χ1n) is 2.94. The maximum Gasteiger partial charge on any atom is 0.257 e. The number of aromatic nitrogens is 2. The number of nitrogens with zero attached hydrogens (tertiary/aromatic N) is 3. The summed E-state index contributed by atoms with van der Waals surface area (Å²) in [6, 6.07) is 0. The van der Waals surface area contributed by atoms with Gasteiger partial charge in [0.05, 0.1) is 13.2 Å². The molecule has 0 radical (unpaired) electrons. The molecule has 1 aromatic rings. The van der Waals surface area contributed by atoms with Crippen LogP contribution in [-0.4, -0.2) is 27.2 Å². The summed E-state index contributed by atoms with van der Waals surface area (Å²) in [7, 11) is 1.45. The molecule has 0 bridgehead atoms. The minimum atomic E-state index is 0.609. The van der Waals surface area contributed by atoms with E-state index in [-0.39, 0.29) is 0 Å². The van der Waals surface area contributed by atoms with Gasteiger partial charge in [-0.2, -0.15) is 4.57 Å². The molecular formula is C6H9N3O. The van der Waals surface area contributed by atoms with E-state index < -0.39 is 0 Å². The summed E-state index contributed by atoms with van der Waals surface area (Å²) >= 11 is 0. The lowest BCUT2D eigenvalue weighted by atomic mass is 10.6. The first-order valence-corrected chi connectivity index (χ1v) is 2.94. The SMILES string of the molecule is CC(n1ccnc1)=[N+](C)[O-]. The minimum Gasteiger partial charge on any atom is -0.715 e. The Morgan fingerprint density at radius 3 is 2.80 bits per heavy atom. The van der Waals surface area contributed by atoms with E-state index in [4.69, 9.17) is 0 Å². The highest BCUT2D eigenvalue weighted by molar-refractivity contribution is 5.76. The third-order valence-corrected chi connectivity index (χ3v) is 1.33. The monoisotopic (exact) mass is 139 g/mol. The van der Waals surface area contributed by atoms with Crippen LogP contribution in [-0.2, 0) is 0 Å². The van der Waals surface area contributed by atoms with Crippen LogP contribution in [0.15, 0.2) is 18.7 Å². The van der Waals surface area contributed by atoms with Crippen molar-refractivity contribution in [1.82, 2.24) is 9.55 Å². The molecule has 0 saturated carbocycles. The average molecular weight is 139 g/mol. The van der Waals surface area contributed by atoms with Crippen molar-refractivity contribution < 1.29 is 4.74 Å². The highest BCUT2D eigenvalue weighted by atomic mass is 16.5. The molecule has 0 aliphatic heterocycles. The predicted octanol–water partition coefficient (Wildman–Crippen LogP) is 0.290. The maximum absolute atomic E-state index is 10.7. The summed E-state index contributed by atoms with van der Waals surface area (Å²) in [5.74, 6) is 0.609. The zero-order valence-electron chi connectivity index (χ0n) is 5.98. The van der Waals surface area contributed by atoms with Crippen molar-refractivity contribution in [2.75, 3.05) is 7.05 Å². The van der Waals surface area contributed by atoms with Crippen LogP contribution >= 0.6 is 0 Å². The number of hydroxylamine groups is 1. The van der Waals surface area contributed by atoms with Gasteiger partial charge in [0.15, 0.2) is 6.33 Å². The van der Waals surface area contributed by atoms with Crippen LogP contribution in [0.25, 0.3) is 0 Å². The lowest BCUT2D eigenvalue weighted by Crippen LogP contribution is -2.15. The predicted molar refractivity (Wildman–Crippen MR) is 37.9 cm³/mol. The second-order valence-electron chi connectivity index (χ2n) is 2.01. The van der Waals surface area contributed by atoms with Crippen LogP contribution in [0.4, 0.5) is 0 Å². The van der Waals surface area contributed by atoms with Gasteiger partial charge in [0, 0.05) is 6.92 Å². The molecule has 0 aromatic carbocycles. The summed E-state index contributed by atoms with van der Waals surface area (Å²) in [5, 5.41) is 10.7. The van der Waals surface area contributed by atoms with Crippen molar-refractivity contribution in [3.8, 4) is 0 Å². The fraction of sp³-hybridized carbons (Fsp3) is 0.333.